The molecule has 0 amide bonds. The lowest BCUT2D eigenvalue weighted by atomic mass is 10.1. The molecule has 1 atom stereocenters. The first-order valence-corrected chi connectivity index (χ1v) is 11.2. The molecule has 0 bridgehead atoms. The zero-order valence-electron chi connectivity index (χ0n) is 18.6. The van der Waals surface area contributed by atoms with Gasteiger partial charge in [0.2, 0.25) is 0 Å². The summed E-state index contributed by atoms with van der Waals surface area (Å²) in [5.74, 6) is -0.201. The normalized spacial score (nSPS) is 16.8. The van der Waals surface area contributed by atoms with Crippen LogP contribution in [0.5, 0.6) is 0 Å². The minimum Gasteiger partial charge on any atom is -0.361 e. The number of anilines is 5. The Labute approximate surface area is 199 Å². The third kappa shape index (κ3) is 3.86. The number of aromatic nitrogens is 2. The van der Waals surface area contributed by atoms with Crippen molar-refractivity contribution < 1.29 is 4.39 Å². The summed E-state index contributed by atoms with van der Waals surface area (Å²) in [5, 5.41) is 6.69. The molecule has 10 heteroatoms. The number of likely N-dealkylation sites (N-methyl/N-ethyl adjacent to an activating group) is 1. The van der Waals surface area contributed by atoms with E-state index in [-0.39, 0.29) is 22.4 Å². The van der Waals surface area contributed by atoms with E-state index in [1.807, 2.05) is 18.9 Å². The van der Waals surface area contributed by atoms with Gasteiger partial charge < -0.3 is 20.4 Å². The molecule has 5 rings (SSSR count). The Balaban J connectivity index is 1.48. The first-order valence-electron chi connectivity index (χ1n) is 10.8. The number of benzene rings is 2. The highest BCUT2D eigenvalue weighted by molar-refractivity contribution is 6.31. The fourth-order valence-electron chi connectivity index (χ4n) is 4.35. The van der Waals surface area contributed by atoms with Crippen LogP contribution >= 0.6 is 11.6 Å². The van der Waals surface area contributed by atoms with Crippen LogP contribution in [-0.4, -0.2) is 47.6 Å². The van der Waals surface area contributed by atoms with E-state index >= 15 is 0 Å². The molecule has 1 saturated heterocycles. The number of rotatable bonds is 5. The van der Waals surface area contributed by atoms with Crippen LogP contribution in [0, 0.1) is 5.82 Å². The predicted octanol–water partition coefficient (Wildman–Crippen LogP) is 3.65. The highest BCUT2D eigenvalue weighted by Gasteiger charge is 2.31. The second-order valence-electron chi connectivity index (χ2n) is 8.49. The summed E-state index contributed by atoms with van der Waals surface area (Å²) in [6.45, 7) is 4.32. The van der Waals surface area contributed by atoms with Crippen LogP contribution in [-0.2, 0) is 0 Å². The van der Waals surface area contributed by atoms with Gasteiger partial charge in [0, 0.05) is 36.7 Å². The van der Waals surface area contributed by atoms with Gasteiger partial charge in [0.15, 0.2) is 5.82 Å². The zero-order valence-corrected chi connectivity index (χ0v) is 19.4. The average molecular weight is 481 g/mol. The quantitative estimate of drug-likeness (QED) is 0.418. The van der Waals surface area contributed by atoms with Gasteiger partial charge in [-0.3, -0.25) is 9.59 Å². The Kier molecular flexibility index (Phi) is 5.66. The topological polar surface area (TPSA) is 90.5 Å². The summed E-state index contributed by atoms with van der Waals surface area (Å²) in [6, 6.07) is 10.1. The zero-order chi connectivity index (χ0) is 24.0. The molecule has 1 aromatic heterocycles. The Morgan fingerprint density at radius 1 is 1.09 bits per heavy atom. The van der Waals surface area contributed by atoms with E-state index in [2.05, 4.69) is 25.5 Å². The maximum Gasteiger partial charge on any atom is 0.253 e. The molecule has 0 aliphatic carbocycles. The lowest BCUT2D eigenvalue weighted by Gasteiger charge is -2.40. The number of piperazine rings is 1. The second-order valence-corrected chi connectivity index (χ2v) is 8.90. The van der Waals surface area contributed by atoms with Gasteiger partial charge in [-0.15, -0.1) is 0 Å². The van der Waals surface area contributed by atoms with Gasteiger partial charge in [0.25, 0.3) is 10.9 Å². The number of hydrogen-bond donors (Lipinski definition) is 2. The Morgan fingerprint density at radius 3 is 2.71 bits per heavy atom. The average Bonchev–Trinajstić information content (AvgIpc) is 2.83. The van der Waals surface area contributed by atoms with Crippen molar-refractivity contribution in [2.45, 2.75) is 13.0 Å². The predicted molar refractivity (Wildman–Crippen MR) is 133 cm³/mol. The molecule has 0 spiro atoms. The largest absolute Gasteiger partial charge is 0.361 e. The van der Waals surface area contributed by atoms with E-state index < -0.39 is 16.7 Å². The van der Waals surface area contributed by atoms with Gasteiger partial charge in [-0.25, -0.2) is 14.4 Å². The third-order valence-corrected chi connectivity index (χ3v) is 6.40. The maximum atomic E-state index is 14.4. The Bertz CT molecular complexity index is 1470. The van der Waals surface area contributed by atoms with E-state index in [1.54, 1.807) is 30.3 Å². The van der Waals surface area contributed by atoms with Gasteiger partial charge in [-0.1, -0.05) is 17.7 Å². The molecule has 8 nitrogen and oxygen atoms in total. The number of nitrogens with one attached hydrogen (secondary N) is 2. The minimum absolute atomic E-state index is 0.00326. The summed E-state index contributed by atoms with van der Waals surface area (Å²) < 4.78 is 14.4. The molecule has 2 N–H and O–H groups in total. The van der Waals surface area contributed by atoms with Gasteiger partial charge in [-0.05, 0) is 44.3 Å². The summed E-state index contributed by atoms with van der Waals surface area (Å²) in [5.41, 5.74) is 1.10. The fraction of sp³-hybridized carbons (Fsp3) is 0.250. The lowest BCUT2D eigenvalue weighted by Crippen LogP contribution is -2.55. The Morgan fingerprint density at radius 2 is 1.91 bits per heavy atom. The fourth-order valence-corrected chi connectivity index (χ4v) is 4.52. The third-order valence-electron chi connectivity index (χ3n) is 6.11. The molecule has 3 aromatic carbocycles. The van der Waals surface area contributed by atoms with E-state index in [9.17, 15) is 14.0 Å². The van der Waals surface area contributed by atoms with Gasteiger partial charge >= 0.3 is 0 Å². The molecule has 0 saturated carbocycles. The highest BCUT2D eigenvalue weighted by Crippen LogP contribution is 2.32. The molecular formula is C24H22ClFN6O2. The van der Waals surface area contributed by atoms with Crippen molar-refractivity contribution in [1.29, 1.82) is 0 Å². The first-order chi connectivity index (χ1) is 16.3. The van der Waals surface area contributed by atoms with Crippen LogP contribution in [0.4, 0.5) is 33.0 Å². The van der Waals surface area contributed by atoms with E-state index in [4.69, 9.17) is 11.6 Å². The van der Waals surface area contributed by atoms with Crippen LogP contribution in [0.1, 0.15) is 6.92 Å². The van der Waals surface area contributed by atoms with Crippen molar-refractivity contribution in [1.82, 2.24) is 14.9 Å². The summed E-state index contributed by atoms with van der Waals surface area (Å²) in [6.07, 6.45) is 1.38. The van der Waals surface area contributed by atoms with Crippen LogP contribution in [0.2, 0.25) is 5.02 Å². The smallest absolute Gasteiger partial charge is 0.253 e. The minimum atomic E-state index is -0.583. The van der Waals surface area contributed by atoms with Crippen molar-refractivity contribution in [3.05, 3.63) is 74.0 Å². The van der Waals surface area contributed by atoms with Crippen LogP contribution in [0.3, 0.4) is 0 Å². The molecule has 2 heterocycles. The van der Waals surface area contributed by atoms with Crippen LogP contribution < -0.4 is 26.4 Å². The van der Waals surface area contributed by atoms with Gasteiger partial charge in [0.05, 0.1) is 16.2 Å². The molecule has 0 radical (unpaired) electrons. The van der Waals surface area contributed by atoms with Crippen LogP contribution in [0.25, 0.3) is 10.9 Å². The maximum absolute atomic E-state index is 14.4. The second kappa shape index (κ2) is 8.66. The lowest BCUT2D eigenvalue weighted by molar-refractivity contribution is 0.275. The monoisotopic (exact) mass is 480 g/mol. The summed E-state index contributed by atoms with van der Waals surface area (Å²) in [4.78, 5) is 37.6. The first kappa shape index (κ1) is 22.2. The Hall–Kier alpha value is -3.56. The molecule has 1 fully saturated rings. The summed E-state index contributed by atoms with van der Waals surface area (Å²) in [7, 11) is 2.03. The van der Waals surface area contributed by atoms with E-state index in [0.717, 1.165) is 13.1 Å². The number of halogens is 2. The number of nitrogens with zero attached hydrogens (tertiary/aromatic N) is 4. The van der Waals surface area contributed by atoms with E-state index in [1.165, 1.54) is 12.4 Å². The van der Waals surface area contributed by atoms with Crippen molar-refractivity contribution in [2.24, 2.45) is 0 Å². The van der Waals surface area contributed by atoms with Crippen molar-refractivity contribution in [3.8, 4) is 0 Å². The molecule has 0 unspecified atom stereocenters. The van der Waals surface area contributed by atoms with E-state index in [0.29, 0.717) is 34.6 Å². The van der Waals surface area contributed by atoms with Crippen LogP contribution in [0.15, 0.2) is 52.3 Å². The molecular weight excluding hydrogens is 459 g/mol. The molecule has 1 aliphatic heterocycles. The standard InChI is InChI=1S/C24H22ClFN6O2/c1-13-11-31(2)8-9-32(13)21-20(22(33)23(21)34)29-14-6-7-17-15(10-14)24(28-12-27-17)30-18-5-3-4-16(25)19(18)26/h3-7,10,12-13,29H,8-9,11H2,1-2H3,(H,27,28,30)/t13-/m1/s1. The van der Waals surface area contributed by atoms with Crippen molar-refractivity contribution in [2.75, 3.05) is 42.2 Å². The number of hydrogen-bond acceptors (Lipinski definition) is 8. The van der Waals surface area contributed by atoms with Crippen molar-refractivity contribution >= 4 is 51.1 Å². The number of fused-ring (bicyclic) bond motifs is 1. The van der Waals surface area contributed by atoms with Gasteiger partial charge in [0.1, 0.15) is 23.5 Å². The SMILES string of the molecule is C[C@@H]1CN(C)CCN1c1c(Nc2ccc3ncnc(Nc4cccc(Cl)c4F)c3c2)c(=O)c1=O. The molecule has 4 aromatic rings. The molecule has 1 aliphatic rings. The molecule has 34 heavy (non-hydrogen) atoms. The highest BCUT2D eigenvalue weighted by atomic mass is 35.5. The summed E-state index contributed by atoms with van der Waals surface area (Å²) >= 11 is 5.90. The molecule has 174 valence electrons. The van der Waals surface area contributed by atoms with Gasteiger partial charge in [-0.2, -0.15) is 0 Å². The van der Waals surface area contributed by atoms with Crippen molar-refractivity contribution in [3.63, 3.8) is 0 Å².